The van der Waals surface area contributed by atoms with E-state index in [0.717, 1.165) is 39.0 Å². The van der Waals surface area contributed by atoms with E-state index in [0.29, 0.717) is 0 Å². The highest BCUT2D eigenvalue weighted by Gasteiger charge is 2.43. The third-order valence-electron chi connectivity index (χ3n) is 12.3. The van der Waals surface area contributed by atoms with E-state index in [-0.39, 0.29) is 10.8 Å². The minimum atomic E-state index is -0.237. The molecule has 0 radical (unpaired) electrons. The first-order valence-corrected chi connectivity index (χ1v) is 18.6. The van der Waals surface area contributed by atoms with Crippen molar-refractivity contribution in [3.8, 4) is 22.3 Å². The summed E-state index contributed by atoms with van der Waals surface area (Å²) in [6, 6.07) is 62.5. The molecule has 252 valence electrons. The van der Waals surface area contributed by atoms with E-state index in [1.165, 1.54) is 60.8 Å². The summed E-state index contributed by atoms with van der Waals surface area (Å²) < 4.78 is 6.43. The molecule has 0 bridgehead atoms. The molecule has 0 spiro atoms. The molecule has 2 heteroatoms. The fraction of sp³-hybridized carbons (Fsp3) is 0.0980. The third-order valence-corrected chi connectivity index (χ3v) is 12.3. The fourth-order valence-corrected chi connectivity index (χ4v) is 9.62. The van der Waals surface area contributed by atoms with Crippen molar-refractivity contribution < 1.29 is 4.42 Å². The number of benzene rings is 8. The third kappa shape index (κ3) is 4.15. The molecule has 8 aromatic carbocycles. The van der Waals surface area contributed by atoms with E-state index in [1.807, 2.05) is 12.1 Å². The summed E-state index contributed by atoms with van der Waals surface area (Å²) in [7, 11) is 0. The van der Waals surface area contributed by atoms with Gasteiger partial charge in [-0.05, 0) is 98.8 Å². The molecule has 2 aliphatic carbocycles. The molecular weight excluding hydrogens is 643 g/mol. The average Bonchev–Trinajstić information content (AvgIpc) is 3.78. The molecule has 1 aromatic heterocycles. The second-order valence-corrected chi connectivity index (χ2v) is 15.4. The Kier molecular flexibility index (Phi) is 6.18. The van der Waals surface area contributed by atoms with Gasteiger partial charge in [-0.15, -0.1) is 0 Å². The average molecular weight is 680 g/mol. The molecule has 11 rings (SSSR count). The summed E-state index contributed by atoms with van der Waals surface area (Å²) >= 11 is 0. The zero-order valence-corrected chi connectivity index (χ0v) is 30.0. The first-order chi connectivity index (χ1) is 25.9. The van der Waals surface area contributed by atoms with Crippen molar-refractivity contribution in [1.29, 1.82) is 0 Å². The van der Waals surface area contributed by atoms with Crippen LogP contribution in [0.5, 0.6) is 0 Å². The molecule has 2 nitrogen and oxygen atoms in total. The van der Waals surface area contributed by atoms with Gasteiger partial charge >= 0.3 is 0 Å². The van der Waals surface area contributed by atoms with Crippen LogP contribution in [0.1, 0.15) is 48.6 Å². The van der Waals surface area contributed by atoms with Gasteiger partial charge < -0.3 is 9.32 Å². The van der Waals surface area contributed by atoms with E-state index in [1.54, 1.807) is 0 Å². The normalized spacial score (nSPS) is 14.6. The van der Waals surface area contributed by atoms with Crippen LogP contribution in [0.15, 0.2) is 174 Å². The fourth-order valence-electron chi connectivity index (χ4n) is 9.62. The highest BCUT2D eigenvalue weighted by Crippen LogP contribution is 2.56. The Hall–Kier alpha value is -6.38. The Morgan fingerprint density at radius 2 is 0.981 bits per heavy atom. The maximum atomic E-state index is 6.43. The van der Waals surface area contributed by atoms with Gasteiger partial charge in [-0.2, -0.15) is 0 Å². The van der Waals surface area contributed by atoms with Crippen molar-refractivity contribution in [3.63, 3.8) is 0 Å². The van der Waals surface area contributed by atoms with Gasteiger partial charge in [-0.1, -0.05) is 141 Å². The second kappa shape index (κ2) is 10.8. The standard InChI is InChI=1S/C51H37NO/c1-50(2)45-29-33(51(3)43-19-9-6-16-37(43)38-17-7-10-20-44(38)51)23-26-39(45)40-27-24-34(30-46(40)50)52(47-21-12-14-32-13-4-5-15-36(32)47)35-25-28-42-41-18-8-11-22-48(41)53-49(42)31-35/h4-31H,1-3H3. The van der Waals surface area contributed by atoms with Gasteiger partial charge in [0.05, 0.1) is 5.69 Å². The molecular formula is C51H37NO. The maximum Gasteiger partial charge on any atom is 0.137 e. The molecule has 0 saturated heterocycles. The van der Waals surface area contributed by atoms with Crippen LogP contribution >= 0.6 is 0 Å². The quantitative estimate of drug-likeness (QED) is 0.184. The number of furan rings is 1. The minimum Gasteiger partial charge on any atom is -0.456 e. The van der Waals surface area contributed by atoms with E-state index >= 15 is 0 Å². The lowest BCUT2D eigenvalue weighted by molar-refractivity contribution is 0.652. The van der Waals surface area contributed by atoms with Crippen molar-refractivity contribution in [2.45, 2.75) is 31.6 Å². The Bertz CT molecular complexity index is 2910. The zero-order valence-electron chi connectivity index (χ0n) is 30.0. The second-order valence-electron chi connectivity index (χ2n) is 15.4. The van der Waals surface area contributed by atoms with Crippen LogP contribution in [0, 0.1) is 0 Å². The number of anilines is 3. The molecule has 0 saturated carbocycles. The Balaban J connectivity index is 1.08. The molecule has 0 amide bonds. The van der Waals surface area contributed by atoms with Crippen LogP contribution in [-0.2, 0) is 10.8 Å². The van der Waals surface area contributed by atoms with E-state index in [9.17, 15) is 0 Å². The lowest BCUT2D eigenvalue weighted by Crippen LogP contribution is -2.24. The number of fused-ring (bicyclic) bond motifs is 10. The van der Waals surface area contributed by atoms with Crippen molar-refractivity contribution >= 4 is 49.8 Å². The zero-order chi connectivity index (χ0) is 35.5. The van der Waals surface area contributed by atoms with Gasteiger partial charge in [-0.3, -0.25) is 0 Å². The molecule has 0 fully saturated rings. The van der Waals surface area contributed by atoms with Crippen LogP contribution in [0.4, 0.5) is 17.1 Å². The topological polar surface area (TPSA) is 16.4 Å². The first kappa shape index (κ1) is 30.3. The number of para-hydroxylation sites is 1. The maximum absolute atomic E-state index is 6.43. The lowest BCUT2D eigenvalue weighted by atomic mass is 9.72. The highest BCUT2D eigenvalue weighted by atomic mass is 16.3. The molecule has 53 heavy (non-hydrogen) atoms. The van der Waals surface area contributed by atoms with E-state index < -0.39 is 0 Å². The van der Waals surface area contributed by atoms with Crippen molar-refractivity contribution in [2.75, 3.05) is 4.90 Å². The molecule has 1 heterocycles. The molecule has 0 atom stereocenters. The first-order valence-electron chi connectivity index (χ1n) is 18.6. The Morgan fingerprint density at radius 1 is 0.415 bits per heavy atom. The van der Waals surface area contributed by atoms with Crippen LogP contribution in [0.3, 0.4) is 0 Å². The monoisotopic (exact) mass is 679 g/mol. The van der Waals surface area contributed by atoms with Gasteiger partial charge in [0.1, 0.15) is 11.2 Å². The number of nitrogens with zero attached hydrogens (tertiary/aromatic N) is 1. The number of hydrogen-bond donors (Lipinski definition) is 0. The van der Waals surface area contributed by atoms with Gasteiger partial charge in [-0.25, -0.2) is 0 Å². The van der Waals surface area contributed by atoms with Gasteiger partial charge in [0, 0.05) is 44.4 Å². The summed E-state index contributed by atoms with van der Waals surface area (Å²) in [5.74, 6) is 0. The predicted molar refractivity (Wildman–Crippen MR) is 221 cm³/mol. The van der Waals surface area contributed by atoms with E-state index in [4.69, 9.17) is 4.42 Å². The summed E-state index contributed by atoms with van der Waals surface area (Å²) in [5, 5.41) is 4.69. The summed E-state index contributed by atoms with van der Waals surface area (Å²) in [6.45, 7) is 7.20. The summed E-state index contributed by atoms with van der Waals surface area (Å²) in [6.07, 6.45) is 0. The number of rotatable bonds is 4. The Morgan fingerprint density at radius 3 is 1.77 bits per heavy atom. The summed E-state index contributed by atoms with van der Waals surface area (Å²) in [4.78, 5) is 2.41. The van der Waals surface area contributed by atoms with E-state index in [2.05, 4.69) is 183 Å². The van der Waals surface area contributed by atoms with Crippen molar-refractivity contribution in [2.24, 2.45) is 0 Å². The van der Waals surface area contributed by atoms with Crippen LogP contribution in [-0.4, -0.2) is 0 Å². The van der Waals surface area contributed by atoms with Crippen LogP contribution in [0.2, 0.25) is 0 Å². The lowest BCUT2D eigenvalue weighted by Gasteiger charge is -2.31. The SMILES string of the molecule is CC1(C)c2cc(N(c3ccc4c(c3)oc3ccccc34)c3cccc4ccccc34)ccc2-c2ccc(C3(C)c4ccccc4-c4ccccc43)cc21. The van der Waals surface area contributed by atoms with Crippen LogP contribution in [0.25, 0.3) is 55.0 Å². The predicted octanol–water partition coefficient (Wildman–Crippen LogP) is 13.8. The summed E-state index contributed by atoms with van der Waals surface area (Å²) in [5.41, 5.74) is 16.8. The molecule has 0 aliphatic heterocycles. The van der Waals surface area contributed by atoms with Gasteiger partial charge in [0.15, 0.2) is 0 Å². The minimum absolute atomic E-state index is 0.211. The number of hydrogen-bond acceptors (Lipinski definition) is 2. The molecule has 9 aromatic rings. The largest absolute Gasteiger partial charge is 0.456 e. The Labute approximate surface area is 309 Å². The van der Waals surface area contributed by atoms with Crippen molar-refractivity contribution in [1.82, 2.24) is 0 Å². The smallest absolute Gasteiger partial charge is 0.137 e. The van der Waals surface area contributed by atoms with Crippen molar-refractivity contribution in [3.05, 3.63) is 198 Å². The van der Waals surface area contributed by atoms with Gasteiger partial charge in [0.25, 0.3) is 0 Å². The van der Waals surface area contributed by atoms with Crippen LogP contribution < -0.4 is 4.90 Å². The molecule has 2 aliphatic rings. The molecule has 0 N–H and O–H groups in total. The highest BCUT2D eigenvalue weighted by molar-refractivity contribution is 6.07. The molecule has 0 unspecified atom stereocenters. The van der Waals surface area contributed by atoms with Gasteiger partial charge in [0.2, 0.25) is 0 Å².